The molecule has 1 heterocycles. The summed E-state index contributed by atoms with van der Waals surface area (Å²) in [5.41, 5.74) is 3.17. The third-order valence-electron chi connectivity index (χ3n) is 3.95. The van der Waals surface area contributed by atoms with E-state index in [1.165, 1.54) is 0 Å². The molecule has 0 bridgehead atoms. The van der Waals surface area contributed by atoms with Crippen LogP contribution in [0.2, 0.25) is 5.02 Å². The number of aromatic nitrogens is 2. The van der Waals surface area contributed by atoms with Crippen LogP contribution in [-0.4, -0.2) is 22.5 Å². The number of benzene rings is 2. The lowest BCUT2D eigenvalue weighted by Crippen LogP contribution is -2.05. The lowest BCUT2D eigenvalue weighted by Gasteiger charge is -2.11. The highest BCUT2D eigenvalue weighted by Crippen LogP contribution is 2.24. The first-order valence-electron chi connectivity index (χ1n) is 8.87. The third kappa shape index (κ3) is 4.98. The number of rotatable bonds is 6. The lowest BCUT2D eigenvalue weighted by atomic mass is 10.2. The number of halogens is 1. The standard InChI is InChI=1S/C21H21ClN4O2/c1-4-28-21(27)15-6-9-16(10-7-15)25-19-12-20(24-14(3)23-19)26-17-8-5-13(2)18(22)11-17/h5-12H,4H2,1-3H3,(H2,23,24,25,26). The molecule has 0 radical (unpaired) electrons. The zero-order valence-electron chi connectivity index (χ0n) is 15.9. The number of nitrogens with one attached hydrogen (secondary N) is 2. The summed E-state index contributed by atoms with van der Waals surface area (Å²) in [5, 5.41) is 7.15. The van der Waals surface area contributed by atoms with E-state index in [1.807, 2.05) is 32.0 Å². The van der Waals surface area contributed by atoms with Crippen LogP contribution in [0, 0.1) is 13.8 Å². The van der Waals surface area contributed by atoms with E-state index in [9.17, 15) is 4.79 Å². The Morgan fingerprint density at radius 3 is 2.18 bits per heavy atom. The van der Waals surface area contributed by atoms with Crippen LogP contribution in [-0.2, 0) is 4.74 Å². The Hall–Kier alpha value is -3.12. The van der Waals surface area contributed by atoms with E-state index in [0.717, 1.165) is 16.9 Å². The number of esters is 1. The van der Waals surface area contributed by atoms with Crippen molar-refractivity contribution >= 4 is 40.6 Å². The molecule has 0 aliphatic heterocycles. The molecule has 0 unspecified atom stereocenters. The molecule has 28 heavy (non-hydrogen) atoms. The van der Waals surface area contributed by atoms with Crippen LogP contribution in [0.3, 0.4) is 0 Å². The second kappa shape index (κ2) is 8.71. The molecule has 2 N–H and O–H groups in total. The summed E-state index contributed by atoms with van der Waals surface area (Å²) in [4.78, 5) is 20.6. The van der Waals surface area contributed by atoms with Gasteiger partial charge < -0.3 is 15.4 Å². The molecule has 0 spiro atoms. The molecule has 7 heteroatoms. The van der Waals surface area contributed by atoms with E-state index < -0.39 is 0 Å². The van der Waals surface area contributed by atoms with Crippen LogP contribution in [0.4, 0.5) is 23.0 Å². The molecule has 0 fully saturated rings. The van der Waals surface area contributed by atoms with Gasteiger partial charge >= 0.3 is 5.97 Å². The zero-order chi connectivity index (χ0) is 20.1. The smallest absolute Gasteiger partial charge is 0.338 e. The van der Waals surface area contributed by atoms with Crippen LogP contribution in [0.5, 0.6) is 0 Å². The Balaban J connectivity index is 1.76. The van der Waals surface area contributed by atoms with Gasteiger partial charge in [-0.15, -0.1) is 0 Å². The monoisotopic (exact) mass is 396 g/mol. The number of hydrogen-bond donors (Lipinski definition) is 2. The fourth-order valence-corrected chi connectivity index (χ4v) is 2.75. The molecule has 3 rings (SSSR count). The van der Waals surface area contributed by atoms with E-state index in [1.54, 1.807) is 37.3 Å². The predicted molar refractivity (Wildman–Crippen MR) is 112 cm³/mol. The first-order chi connectivity index (χ1) is 13.4. The first kappa shape index (κ1) is 19.6. The van der Waals surface area contributed by atoms with Gasteiger partial charge in [-0.3, -0.25) is 0 Å². The molecule has 1 aromatic heterocycles. The van der Waals surface area contributed by atoms with Crippen molar-refractivity contribution in [2.75, 3.05) is 17.2 Å². The molecule has 6 nitrogen and oxygen atoms in total. The van der Waals surface area contributed by atoms with Crippen LogP contribution < -0.4 is 10.6 Å². The molecule has 0 atom stereocenters. The highest BCUT2D eigenvalue weighted by Gasteiger charge is 2.07. The Kier molecular flexibility index (Phi) is 6.11. The first-order valence-corrected chi connectivity index (χ1v) is 9.25. The maximum atomic E-state index is 11.7. The van der Waals surface area contributed by atoms with Crippen LogP contribution >= 0.6 is 11.6 Å². The molecular formula is C21H21ClN4O2. The number of carbonyl (C=O) groups excluding carboxylic acids is 1. The average molecular weight is 397 g/mol. The van der Waals surface area contributed by atoms with E-state index in [0.29, 0.717) is 34.7 Å². The summed E-state index contributed by atoms with van der Waals surface area (Å²) in [7, 11) is 0. The third-order valence-corrected chi connectivity index (χ3v) is 4.36. The molecule has 144 valence electrons. The van der Waals surface area contributed by atoms with E-state index in [-0.39, 0.29) is 5.97 Å². The van der Waals surface area contributed by atoms with Gasteiger partial charge in [0.05, 0.1) is 12.2 Å². The van der Waals surface area contributed by atoms with Gasteiger partial charge in [0.15, 0.2) is 0 Å². The van der Waals surface area contributed by atoms with E-state index in [4.69, 9.17) is 16.3 Å². The number of ether oxygens (including phenoxy) is 1. The van der Waals surface area contributed by atoms with Crippen LogP contribution in [0.1, 0.15) is 28.7 Å². The summed E-state index contributed by atoms with van der Waals surface area (Å²) in [6.45, 7) is 5.90. The number of hydrogen-bond acceptors (Lipinski definition) is 6. The fraction of sp³-hybridized carbons (Fsp3) is 0.190. The van der Waals surface area contributed by atoms with E-state index in [2.05, 4.69) is 20.6 Å². The van der Waals surface area contributed by atoms with Crippen molar-refractivity contribution in [2.45, 2.75) is 20.8 Å². The summed E-state index contributed by atoms with van der Waals surface area (Å²) in [6.07, 6.45) is 0. The van der Waals surface area contributed by atoms with Crippen molar-refractivity contribution in [3.05, 3.63) is 70.5 Å². The van der Waals surface area contributed by atoms with Crippen molar-refractivity contribution in [3.63, 3.8) is 0 Å². The van der Waals surface area contributed by atoms with Crippen LogP contribution in [0.25, 0.3) is 0 Å². The number of carbonyl (C=O) groups is 1. The molecule has 0 saturated heterocycles. The summed E-state index contributed by atoms with van der Waals surface area (Å²) in [6, 6.07) is 14.6. The fourth-order valence-electron chi connectivity index (χ4n) is 2.57. The Labute approximate surface area is 168 Å². The number of anilines is 4. The number of nitrogens with zero attached hydrogens (tertiary/aromatic N) is 2. The highest BCUT2D eigenvalue weighted by molar-refractivity contribution is 6.31. The lowest BCUT2D eigenvalue weighted by molar-refractivity contribution is 0.0526. The maximum Gasteiger partial charge on any atom is 0.338 e. The van der Waals surface area contributed by atoms with Gasteiger partial charge in [0, 0.05) is 22.5 Å². The summed E-state index contributed by atoms with van der Waals surface area (Å²) in [5.74, 6) is 1.57. The highest BCUT2D eigenvalue weighted by atomic mass is 35.5. The van der Waals surface area contributed by atoms with Gasteiger partial charge in [-0.25, -0.2) is 14.8 Å². The van der Waals surface area contributed by atoms with Crippen molar-refractivity contribution in [1.29, 1.82) is 0 Å². The molecule has 0 saturated carbocycles. The summed E-state index contributed by atoms with van der Waals surface area (Å²) >= 11 is 6.19. The molecular weight excluding hydrogens is 376 g/mol. The largest absolute Gasteiger partial charge is 0.462 e. The second-order valence-corrected chi connectivity index (χ2v) is 6.60. The van der Waals surface area contributed by atoms with Crippen molar-refractivity contribution < 1.29 is 9.53 Å². The summed E-state index contributed by atoms with van der Waals surface area (Å²) < 4.78 is 4.99. The quantitative estimate of drug-likeness (QED) is 0.542. The molecule has 0 aliphatic carbocycles. The maximum absolute atomic E-state index is 11.7. The number of aryl methyl sites for hydroxylation is 2. The molecule has 2 aromatic carbocycles. The topological polar surface area (TPSA) is 76.1 Å². The van der Waals surface area contributed by atoms with Crippen molar-refractivity contribution in [1.82, 2.24) is 9.97 Å². The molecule has 0 aliphatic rings. The van der Waals surface area contributed by atoms with Gasteiger partial charge in [-0.2, -0.15) is 0 Å². The predicted octanol–water partition coefficient (Wildman–Crippen LogP) is 5.41. The normalized spacial score (nSPS) is 10.4. The SMILES string of the molecule is CCOC(=O)c1ccc(Nc2cc(Nc3ccc(C)c(Cl)c3)nc(C)n2)cc1. The molecule has 0 amide bonds. The second-order valence-electron chi connectivity index (χ2n) is 6.20. The minimum Gasteiger partial charge on any atom is -0.462 e. The minimum atomic E-state index is -0.338. The van der Waals surface area contributed by atoms with Gasteiger partial charge in [-0.1, -0.05) is 17.7 Å². The minimum absolute atomic E-state index is 0.338. The Bertz CT molecular complexity index is 990. The van der Waals surface area contributed by atoms with E-state index >= 15 is 0 Å². The van der Waals surface area contributed by atoms with Crippen LogP contribution in [0.15, 0.2) is 48.5 Å². The Morgan fingerprint density at radius 2 is 1.57 bits per heavy atom. The van der Waals surface area contributed by atoms with Crippen molar-refractivity contribution in [2.24, 2.45) is 0 Å². The van der Waals surface area contributed by atoms with Gasteiger partial charge in [0.25, 0.3) is 0 Å². The van der Waals surface area contributed by atoms with Gasteiger partial charge in [0.2, 0.25) is 0 Å². The van der Waals surface area contributed by atoms with Gasteiger partial charge in [0.1, 0.15) is 17.5 Å². The Morgan fingerprint density at radius 1 is 0.964 bits per heavy atom. The zero-order valence-corrected chi connectivity index (χ0v) is 16.7. The molecule has 3 aromatic rings. The van der Waals surface area contributed by atoms with Crippen molar-refractivity contribution in [3.8, 4) is 0 Å². The average Bonchev–Trinajstić information content (AvgIpc) is 2.65. The van der Waals surface area contributed by atoms with Gasteiger partial charge in [-0.05, 0) is 62.7 Å².